The van der Waals surface area contributed by atoms with Crippen molar-refractivity contribution in [2.75, 3.05) is 40.0 Å². The van der Waals surface area contributed by atoms with E-state index in [2.05, 4.69) is 10.6 Å². The number of hydrogen-bond donors (Lipinski definition) is 2. The quantitative estimate of drug-likeness (QED) is 0.705. The molecule has 1 atom stereocenters. The van der Waals surface area contributed by atoms with Gasteiger partial charge in [-0.05, 0) is 6.07 Å². The summed E-state index contributed by atoms with van der Waals surface area (Å²) < 4.78 is 10.4. The van der Waals surface area contributed by atoms with Gasteiger partial charge in [-0.2, -0.15) is 0 Å². The van der Waals surface area contributed by atoms with Crippen molar-refractivity contribution in [2.45, 2.75) is 5.92 Å². The molecule has 1 unspecified atom stereocenters. The standard InChI is InChI=1S/C14H20N2O3/c1-18-9-8-15-6-7-16-14(17)12-10-19-13-5-3-2-4-11(12)13/h2-5,12,15H,6-10H2,1H3,(H,16,17). The third kappa shape index (κ3) is 3.68. The van der Waals surface area contributed by atoms with Crippen LogP contribution in [0.1, 0.15) is 11.5 Å². The van der Waals surface area contributed by atoms with Crippen LogP contribution in [0.25, 0.3) is 0 Å². The SMILES string of the molecule is COCCNCCNC(=O)C1COc2ccccc21. The first-order chi connectivity index (χ1) is 9.33. The number of benzene rings is 1. The molecule has 0 saturated carbocycles. The minimum Gasteiger partial charge on any atom is -0.492 e. The molecule has 104 valence electrons. The number of carbonyl (C=O) groups excluding carboxylic acids is 1. The van der Waals surface area contributed by atoms with Gasteiger partial charge in [0, 0.05) is 32.3 Å². The first-order valence-corrected chi connectivity index (χ1v) is 6.52. The monoisotopic (exact) mass is 264 g/mol. The van der Waals surface area contributed by atoms with Crippen molar-refractivity contribution in [3.63, 3.8) is 0 Å². The minimum atomic E-state index is -0.185. The Balaban J connectivity index is 1.73. The summed E-state index contributed by atoms with van der Waals surface area (Å²) in [5, 5.41) is 6.10. The van der Waals surface area contributed by atoms with E-state index >= 15 is 0 Å². The van der Waals surface area contributed by atoms with E-state index in [0.29, 0.717) is 19.8 Å². The van der Waals surface area contributed by atoms with Crippen LogP contribution < -0.4 is 15.4 Å². The Morgan fingerprint density at radius 1 is 1.37 bits per heavy atom. The van der Waals surface area contributed by atoms with Crippen LogP contribution in [0, 0.1) is 0 Å². The van der Waals surface area contributed by atoms with Gasteiger partial charge < -0.3 is 20.1 Å². The fourth-order valence-corrected chi connectivity index (χ4v) is 2.08. The predicted molar refractivity (Wildman–Crippen MR) is 72.4 cm³/mol. The molecule has 0 bridgehead atoms. The maximum atomic E-state index is 12.1. The molecule has 19 heavy (non-hydrogen) atoms. The van der Waals surface area contributed by atoms with Crippen LogP contribution >= 0.6 is 0 Å². The van der Waals surface area contributed by atoms with Crippen LogP contribution in [-0.2, 0) is 9.53 Å². The van der Waals surface area contributed by atoms with E-state index in [9.17, 15) is 4.79 Å². The topological polar surface area (TPSA) is 59.6 Å². The number of amides is 1. The Hall–Kier alpha value is -1.59. The van der Waals surface area contributed by atoms with E-state index < -0.39 is 0 Å². The maximum Gasteiger partial charge on any atom is 0.231 e. The van der Waals surface area contributed by atoms with Gasteiger partial charge in [-0.3, -0.25) is 4.79 Å². The lowest BCUT2D eigenvalue weighted by Gasteiger charge is -2.10. The molecule has 5 heteroatoms. The Morgan fingerprint density at radius 2 is 2.21 bits per heavy atom. The average Bonchev–Trinajstić information content (AvgIpc) is 2.86. The number of ether oxygens (including phenoxy) is 2. The van der Waals surface area contributed by atoms with Crippen molar-refractivity contribution in [2.24, 2.45) is 0 Å². The van der Waals surface area contributed by atoms with Gasteiger partial charge in [-0.1, -0.05) is 18.2 Å². The molecule has 1 aromatic rings. The van der Waals surface area contributed by atoms with Crippen molar-refractivity contribution < 1.29 is 14.3 Å². The molecule has 1 heterocycles. The summed E-state index contributed by atoms with van der Waals surface area (Å²) >= 11 is 0. The van der Waals surface area contributed by atoms with Crippen LogP contribution in [0.2, 0.25) is 0 Å². The Kier molecular flexibility index (Phi) is 5.18. The number of fused-ring (bicyclic) bond motifs is 1. The lowest BCUT2D eigenvalue weighted by Crippen LogP contribution is -2.36. The van der Waals surface area contributed by atoms with Gasteiger partial charge in [0.2, 0.25) is 5.91 Å². The normalized spacial score (nSPS) is 16.8. The molecule has 2 rings (SSSR count). The summed E-state index contributed by atoms with van der Waals surface area (Å²) in [6.45, 7) is 3.26. The van der Waals surface area contributed by atoms with Gasteiger partial charge in [-0.15, -0.1) is 0 Å². The lowest BCUT2D eigenvalue weighted by atomic mass is 10.0. The molecule has 0 radical (unpaired) electrons. The molecular formula is C14H20N2O3. The smallest absolute Gasteiger partial charge is 0.231 e. The lowest BCUT2D eigenvalue weighted by molar-refractivity contribution is -0.122. The van der Waals surface area contributed by atoms with E-state index in [0.717, 1.165) is 24.4 Å². The number of rotatable bonds is 7. The second-order valence-electron chi connectivity index (χ2n) is 4.44. The summed E-state index contributed by atoms with van der Waals surface area (Å²) in [7, 11) is 1.67. The van der Waals surface area contributed by atoms with Crippen molar-refractivity contribution >= 4 is 5.91 Å². The van der Waals surface area contributed by atoms with Gasteiger partial charge in [-0.25, -0.2) is 0 Å². The van der Waals surface area contributed by atoms with Crippen LogP contribution in [0.15, 0.2) is 24.3 Å². The average molecular weight is 264 g/mol. The third-order valence-electron chi connectivity index (χ3n) is 3.10. The highest BCUT2D eigenvalue weighted by Gasteiger charge is 2.29. The summed E-state index contributed by atoms with van der Waals surface area (Å²) in [5.41, 5.74) is 0.979. The highest BCUT2D eigenvalue weighted by atomic mass is 16.5. The summed E-state index contributed by atoms with van der Waals surface area (Å²) in [4.78, 5) is 12.1. The second-order valence-corrected chi connectivity index (χ2v) is 4.44. The van der Waals surface area contributed by atoms with E-state index in [-0.39, 0.29) is 11.8 Å². The Morgan fingerprint density at radius 3 is 3.05 bits per heavy atom. The first-order valence-electron chi connectivity index (χ1n) is 6.52. The predicted octanol–water partition coefficient (Wildman–Crippen LogP) is 0.515. The molecule has 0 saturated heterocycles. The Bertz CT molecular complexity index is 423. The van der Waals surface area contributed by atoms with Crippen LogP contribution in [-0.4, -0.2) is 45.9 Å². The van der Waals surface area contributed by atoms with Crippen LogP contribution in [0.5, 0.6) is 5.75 Å². The zero-order valence-corrected chi connectivity index (χ0v) is 11.1. The zero-order chi connectivity index (χ0) is 13.5. The fraction of sp³-hybridized carbons (Fsp3) is 0.500. The Labute approximate surface area is 113 Å². The van der Waals surface area contributed by atoms with Crippen molar-refractivity contribution in [1.29, 1.82) is 0 Å². The number of para-hydroxylation sites is 1. The molecule has 5 nitrogen and oxygen atoms in total. The number of nitrogens with one attached hydrogen (secondary N) is 2. The highest BCUT2D eigenvalue weighted by Crippen LogP contribution is 2.33. The van der Waals surface area contributed by atoms with E-state index in [1.807, 2.05) is 24.3 Å². The largest absolute Gasteiger partial charge is 0.492 e. The van der Waals surface area contributed by atoms with Gasteiger partial charge in [0.25, 0.3) is 0 Å². The van der Waals surface area contributed by atoms with Crippen LogP contribution in [0.3, 0.4) is 0 Å². The molecular weight excluding hydrogens is 244 g/mol. The van der Waals surface area contributed by atoms with E-state index in [4.69, 9.17) is 9.47 Å². The summed E-state index contributed by atoms with van der Waals surface area (Å²) in [5.74, 6) is 0.662. The molecule has 2 N–H and O–H groups in total. The van der Waals surface area contributed by atoms with E-state index in [1.54, 1.807) is 7.11 Å². The van der Waals surface area contributed by atoms with Crippen molar-refractivity contribution in [3.05, 3.63) is 29.8 Å². The second kappa shape index (κ2) is 7.11. The van der Waals surface area contributed by atoms with Gasteiger partial charge in [0.1, 0.15) is 18.3 Å². The van der Waals surface area contributed by atoms with Gasteiger partial charge in [0.05, 0.1) is 6.61 Å². The van der Waals surface area contributed by atoms with E-state index in [1.165, 1.54) is 0 Å². The summed E-state index contributed by atoms with van der Waals surface area (Å²) in [6.07, 6.45) is 0. The molecule has 0 aliphatic carbocycles. The molecule has 0 fully saturated rings. The van der Waals surface area contributed by atoms with Gasteiger partial charge in [0.15, 0.2) is 0 Å². The molecule has 1 aromatic carbocycles. The fourth-order valence-electron chi connectivity index (χ4n) is 2.08. The number of methoxy groups -OCH3 is 1. The third-order valence-corrected chi connectivity index (χ3v) is 3.10. The minimum absolute atomic E-state index is 0.0264. The van der Waals surface area contributed by atoms with Crippen LogP contribution in [0.4, 0.5) is 0 Å². The molecule has 1 aliphatic heterocycles. The molecule has 1 amide bonds. The van der Waals surface area contributed by atoms with Crippen molar-refractivity contribution in [3.8, 4) is 5.75 Å². The molecule has 1 aliphatic rings. The number of carbonyl (C=O) groups is 1. The number of hydrogen-bond acceptors (Lipinski definition) is 4. The van der Waals surface area contributed by atoms with Crippen molar-refractivity contribution in [1.82, 2.24) is 10.6 Å². The molecule has 0 aromatic heterocycles. The highest BCUT2D eigenvalue weighted by molar-refractivity contribution is 5.85. The molecule has 0 spiro atoms. The maximum absolute atomic E-state index is 12.1. The van der Waals surface area contributed by atoms with Gasteiger partial charge >= 0.3 is 0 Å². The summed E-state index contributed by atoms with van der Waals surface area (Å²) in [6, 6.07) is 7.69. The zero-order valence-electron chi connectivity index (χ0n) is 11.1. The first kappa shape index (κ1) is 13.8.